The quantitative estimate of drug-likeness (QED) is 0.400. The SMILES string of the molecule is CC(C(=O)NCc1cc(C(F)(F)F)nn1Oc1cc(F)cc(C#N)c1)c1ccc2[nH]ccc2c1. The number of benzene rings is 2. The largest absolute Gasteiger partial charge is 0.435 e. The highest BCUT2D eigenvalue weighted by atomic mass is 19.4. The van der Waals surface area contributed by atoms with Crippen LogP contribution < -0.4 is 10.2 Å². The Kier molecular flexibility index (Phi) is 5.98. The fourth-order valence-corrected chi connectivity index (χ4v) is 3.34. The molecule has 11 heteroatoms. The van der Waals surface area contributed by atoms with Crippen molar-refractivity contribution in [3.8, 4) is 11.8 Å². The Morgan fingerprint density at radius 2 is 2.03 bits per heavy atom. The fraction of sp³-hybridized carbons (Fsp3) is 0.174. The summed E-state index contributed by atoms with van der Waals surface area (Å²) < 4.78 is 53.4. The second-order valence-corrected chi connectivity index (χ2v) is 7.53. The van der Waals surface area contributed by atoms with Crippen molar-refractivity contribution >= 4 is 16.8 Å². The van der Waals surface area contributed by atoms with Gasteiger partial charge in [0.15, 0.2) is 11.4 Å². The zero-order chi connectivity index (χ0) is 24.5. The number of aromatic nitrogens is 3. The molecule has 2 aromatic heterocycles. The molecule has 2 N–H and O–H groups in total. The van der Waals surface area contributed by atoms with Crippen molar-refractivity contribution in [3.05, 3.63) is 83.1 Å². The summed E-state index contributed by atoms with van der Waals surface area (Å²) in [5.74, 6) is -2.04. The van der Waals surface area contributed by atoms with Gasteiger partial charge >= 0.3 is 6.18 Å². The maximum absolute atomic E-state index is 13.7. The van der Waals surface area contributed by atoms with Crippen LogP contribution in [0, 0.1) is 17.1 Å². The van der Waals surface area contributed by atoms with Crippen LogP contribution >= 0.6 is 0 Å². The van der Waals surface area contributed by atoms with Gasteiger partial charge in [0.05, 0.1) is 24.1 Å². The molecule has 0 aliphatic carbocycles. The summed E-state index contributed by atoms with van der Waals surface area (Å²) in [5, 5.41) is 15.8. The van der Waals surface area contributed by atoms with Crippen LogP contribution in [0.2, 0.25) is 0 Å². The van der Waals surface area contributed by atoms with Crippen molar-refractivity contribution < 1.29 is 27.2 Å². The van der Waals surface area contributed by atoms with Crippen LogP contribution in [0.4, 0.5) is 17.6 Å². The molecule has 0 fully saturated rings. The van der Waals surface area contributed by atoms with Crippen LogP contribution in [0.3, 0.4) is 0 Å². The molecule has 174 valence electrons. The Bertz CT molecular complexity index is 1400. The van der Waals surface area contributed by atoms with Crippen molar-refractivity contribution in [1.29, 1.82) is 5.26 Å². The summed E-state index contributed by atoms with van der Waals surface area (Å²) in [6.07, 6.45) is -3.00. The van der Waals surface area contributed by atoms with E-state index in [2.05, 4.69) is 15.4 Å². The number of carbonyl (C=O) groups is 1. The van der Waals surface area contributed by atoms with E-state index in [-0.39, 0.29) is 23.6 Å². The molecule has 4 rings (SSSR count). The summed E-state index contributed by atoms with van der Waals surface area (Å²) >= 11 is 0. The van der Waals surface area contributed by atoms with E-state index in [9.17, 15) is 22.4 Å². The molecule has 0 aliphatic heterocycles. The fourth-order valence-electron chi connectivity index (χ4n) is 3.34. The number of alkyl halides is 3. The number of hydrogen-bond donors (Lipinski definition) is 2. The third-order valence-corrected chi connectivity index (χ3v) is 5.14. The lowest BCUT2D eigenvalue weighted by molar-refractivity contribution is -0.142. The Morgan fingerprint density at radius 3 is 2.76 bits per heavy atom. The highest BCUT2D eigenvalue weighted by Crippen LogP contribution is 2.29. The van der Waals surface area contributed by atoms with Gasteiger partial charge in [-0.2, -0.15) is 18.4 Å². The van der Waals surface area contributed by atoms with Crippen LogP contribution in [0.15, 0.2) is 54.7 Å². The Balaban J connectivity index is 1.54. The number of halogens is 4. The highest BCUT2D eigenvalue weighted by molar-refractivity contribution is 5.86. The molecule has 34 heavy (non-hydrogen) atoms. The van der Waals surface area contributed by atoms with Gasteiger partial charge in [-0.1, -0.05) is 10.9 Å². The van der Waals surface area contributed by atoms with Gasteiger partial charge in [0.2, 0.25) is 5.91 Å². The van der Waals surface area contributed by atoms with Crippen LogP contribution in [-0.2, 0) is 17.5 Å². The molecule has 0 aliphatic rings. The summed E-state index contributed by atoms with van der Waals surface area (Å²) in [5.41, 5.74) is 0.181. The van der Waals surface area contributed by atoms with Crippen LogP contribution in [0.1, 0.15) is 35.4 Å². The van der Waals surface area contributed by atoms with Gasteiger partial charge in [-0.3, -0.25) is 4.79 Å². The van der Waals surface area contributed by atoms with Crippen molar-refractivity contribution in [2.24, 2.45) is 0 Å². The number of hydrogen-bond acceptors (Lipinski definition) is 4. The molecule has 1 unspecified atom stereocenters. The minimum atomic E-state index is -4.77. The first-order chi connectivity index (χ1) is 16.1. The Morgan fingerprint density at radius 1 is 1.24 bits per heavy atom. The molecular formula is C23H17F4N5O2. The second-order valence-electron chi connectivity index (χ2n) is 7.53. The lowest BCUT2D eigenvalue weighted by atomic mass is 9.99. The third-order valence-electron chi connectivity index (χ3n) is 5.14. The number of nitriles is 1. The molecule has 0 bridgehead atoms. The van der Waals surface area contributed by atoms with Gasteiger partial charge in [0.25, 0.3) is 0 Å². The van der Waals surface area contributed by atoms with E-state index < -0.39 is 29.5 Å². The topological polar surface area (TPSA) is 95.7 Å². The minimum Gasteiger partial charge on any atom is -0.361 e. The zero-order valence-electron chi connectivity index (χ0n) is 17.7. The molecular weight excluding hydrogens is 454 g/mol. The molecule has 0 spiro atoms. The number of fused-ring (bicyclic) bond motifs is 1. The molecule has 1 atom stereocenters. The highest BCUT2D eigenvalue weighted by Gasteiger charge is 2.35. The lowest BCUT2D eigenvalue weighted by Gasteiger charge is -2.14. The molecule has 0 radical (unpaired) electrons. The van der Waals surface area contributed by atoms with Crippen molar-refractivity contribution in [2.75, 3.05) is 0 Å². The van der Waals surface area contributed by atoms with Crippen molar-refractivity contribution in [1.82, 2.24) is 20.2 Å². The summed E-state index contributed by atoms with van der Waals surface area (Å²) in [6.45, 7) is 1.34. The summed E-state index contributed by atoms with van der Waals surface area (Å²) in [4.78, 5) is 21.6. The number of nitrogens with zero attached hydrogens (tertiary/aromatic N) is 3. The van der Waals surface area contributed by atoms with E-state index in [4.69, 9.17) is 10.1 Å². The smallest absolute Gasteiger partial charge is 0.361 e. The summed E-state index contributed by atoms with van der Waals surface area (Å²) in [6, 6.07) is 12.8. The first-order valence-corrected chi connectivity index (χ1v) is 10.0. The summed E-state index contributed by atoms with van der Waals surface area (Å²) in [7, 11) is 0. The number of amides is 1. The average Bonchev–Trinajstić information content (AvgIpc) is 3.42. The van der Waals surface area contributed by atoms with Gasteiger partial charge in [0, 0.05) is 23.8 Å². The minimum absolute atomic E-state index is 0.0822. The molecule has 0 saturated carbocycles. The maximum atomic E-state index is 13.7. The van der Waals surface area contributed by atoms with E-state index in [1.807, 2.05) is 18.2 Å². The van der Waals surface area contributed by atoms with Gasteiger partial charge < -0.3 is 15.1 Å². The molecule has 2 aromatic carbocycles. The van der Waals surface area contributed by atoms with Crippen molar-refractivity contribution in [3.63, 3.8) is 0 Å². The predicted molar refractivity (Wildman–Crippen MR) is 113 cm³/mol. The first kappa shape index (κ1) is 22.8. The van der Waals surface area contributed by atoms with Gasteiger partial charge in [-0.05, 0) is 48.2 Å². The van der Waals surface area contributed by atoms with E-state index in [0.717, 1.165) is 40.7 Å². The molecule has 1 amide bonds. The van der Waals surface area contributed by atoms with E-state index >= 15 is 0 Å². The van der Waals surface area contributed by atoms with Gasteiger partial charge in [-0.15, -0.1) is 5.10 Å². The monoisotopic (exact) mass is 471 g/mol. The number of nitrogens with one attached hydrogen (secondary N) is 2. The van der Waals surface area contributed by atoms with Crippen LogP contribution in [0.25, 0.3) is 10.9 Å². The molecule has 4 aromatic rings. The van der Waals surface area contributed by atoms with E-state index in [0.29, 0.717) is 4.85 Å². The lowest BCUT2D eigenvalue weighted by Crippen LogP contribution is -2.29. The molecule has 0 saturated heterocycles. The molecule has 7 nitrogen and oxygen atoms in total. The predicted octanol–water partition coefficient (Wildman–Crippen LogP) is 4.66. The number of aromatic amines is 1. The standard InChI is InChI=1S/C23H17F4N5O2/c1-13(15-2-3-20-16(8-15)4-5-29-20)22(33)30-12-18-10-21(23(25,26)27)31-32(18)34-19-7-14(11-28)6-17(24)9-19/h2-10,13,29H,12H2,1H3,(H,30,33). The Hall–Kier alpha value is -4.33. The normalized spacial score (nSPS) is 12.4. The Labute approximate surface area is 190 Å². The number of rotatable bonds is 6. The third kappa shape index (κ3) is 4.85. The van der Waals surface area contributed by atoms with Crippen molar-refractivity contribution in [2.45, 2.75) is 25.6 Å². The van der Waals surface area contributed by atoms with Gasteiger partial charge in [-0.25, -0.2) is 4.39 Å². The van der Waals surface area contributed by atoms with Crippen LogP contribution in [-0.4, -0.2) is 20.8 Å². The molecule has 2 heterocycles. The number of H-pyrrole nitrogens is 1. The zero-order valence-corrected chi connectivity index (χ0v) is 17.7. The van der Waals surface area contributed by atoms with Gasteiger partial charge in [0.1, 0.15) is 11.5 Å². The van der Waals surface area contributed by atoms with Crippen LogP contribution in [0.5, 0.6) is 5.75 Å². The van der Waals surface area contributed by atoms with E-state index in [1.54, 1.807) is 25.3 Å². The number of carbonyl (C=O) groups excluding carboxylic acids is 1. The van der Waals surface area contributed by atoms with E-state index in [1.165, 1.54) is 0 Å². The first-order valence-electron chi connectivity index (χ1n) is 10.0. The average molecular weight is 471 g/mol. The maximum Gasteiger partial charge on any atom is 0.435 e. The second kappa shape index (κ2) is 8.90.